The van der Waals surface area contributed by atoms with Crippen molar-refractivity contribution in [2.24, 2.45) is 0 Å². The SMILES string of the molecule is COc1ccccc1NCC(=O)Nc1ccc(F)cc1F. The number of carbonyl (C=O) groups excluding carboxylic acids is 1. The maximum atomic E-state index is 13.4. The van der Waals surface area contributed by atoms with E-state index in [2.05, 4.69) is 10.6 Å². The third-order valence-corrected chi connectivity index (χ3v) is 2.75. The molecule has 0 saturated heterocycles. The van der Waals surface area contributed by atoms with Crippen molar-refractivity contribution in [3.63, 3.8) is 0 Å². The molecule has 2 aromatic carbocycles. The van der Waals surface area contributed by atoms with Crippen molar-refractivity contribution in [1.29, 1.82) is 0 Å². The van der Waals surface area contributed by atoms with Gasteiger partial charge in [0.2, 0.25) is 5.91 Å². The lowest BCUT2D eigenvalue weighted by atomic mass is 10.3. The van der Waals surface area contributed by atoms with Gasteiger partial charge in [-0.05, 0) is 24.3 Å². The first-order valence-electron chi connectivity index (χ1n) is 6.22. The Morgan fingerprint density at radius 3 is 2.62 bits per heavy atom. The molecule has 0 atom stereocenters. The van der Waals surface area contributed by atoms with E-state index in [-0.39, 0.29) is 12.2 Å². The van der Waals surface area contributed by atoms with E-state index in [0.717, 1.165) is 6.07 Å². The average molecular weight is 292 g/mol. The fourth-order valence-corrected chi connectivity index (χ4v) is 1.75. The van der Waals surface area contributed by atoms with Crippen molar-refractivity contribution in [3.8, 4) is 5.75 Å². The van der Waals surface area contributed by atoms with Crippen LogP contribution >= 0.6 is 0 Å². The van der Waals surface area contributed by atoms with Gasteiger partial charge in [-0.15, -0.1) is 0 Å². The first-order valence-corrected chi connectivity index (χ1v) is 6.22. The maximum absolute atomic E-state index is 13.4. The van der Waals surface area contributed by atoms with Gasteiger partial charge < -0.3 is 15.4 Å². The van der Waals surface area contributed by atoms with Gasteiger partial charge in [-0.1, -0.05) is 12.1 Å². The van der Waals surface area contributed by atoms with E-state index in [9.17, 15) is 13.6 Å². The molecule has 2 aromatic rings. The van der Waals surface area contributed by atoms with Gasteiger partial charge in [0, 0.05) is 6.07 Å². The molecule has 0 radical (unpaired) electrons. The van der Waals surface area contributed by atoms with Crippen molar-refractivity contribution in [3.05, 3.63) is 54.1 Å². The number of para-hydroxylation sites is 2. The third kappa shape index (κ3) is 3.92. The van der Waals surface area contributed by atoms with Gasteiger partial charge in [-0.2, -0.15) is 0 Å². The minimum Gasteiger partial charge on any atom is -0.495 e. The highest BCUT2D eigenvalue weighted by molar-refractivity contribution is 5.94. The predicted molar refractivity (Wildman–Crippen MR) is 76.5 cm³/mol. The molecule has 1 amide bonds. The topological polar surface area (TPSA) is 50.4 Å². The van der Waals surface area contributed by atoms with Gasteiger partial charge in [0.05, 0.1) is 25.0 Å². The van der Waals surface area contributed by atoms with Gasteiger partial charge in [0.15, 0.2) is 0 Å². The summed E-state index contributed by atoms with van der Waals surface area (Å²) in [6, 6.07) is 10.1. The van der Waals surface area contributed by atoms with Crippen LogP contribution in [0.1, 0.15) is 0 Å². The quantitative estimate of drug-likeness (QED) is 0.890. The van der Waals surface area contributed by atoms with E-state index in [1.807, 2.05) is 0 Å². The second-order valence-electron chi connectivity index (χ2n) is 4.23. The lowest BCUT2D eigenvalue weighted by molar-refractivity contribution is -0.114. The number of anilines is 2. The molecule has 0 aliphatic heterocycles. The highest BCUT2D eigenvalue weighted by atomic mass is 19.1. The van der Waals surface area contributed by atoms with Gasteiger partial charge in [-0.3, -0.25) is 4.79 Å². The van der Waals surface area contributed by atoms with E-state index in [4.69, 9.17) is 4.74 Å². The number of carbonyl (C=O) groups is 1. The minimum absolute atomic E-state index is 0.0665. The molecule has 21 heavy (non-hydrogen) atoms. The molecule has 0 aliphatic carbocycles. The van der Waals surface area contributed by atoms with E-state index in [0.29, 0.717) is 17.5 Å². The van der Waals surface area contributed by atoms with Crippen LogP contribution in [0.5, 0.6) is 5.75 Å². The highest BCUT2D eigenvalue weighted by Gasteiger charge is 2.09. The smallest absolute Gasteiger partial charge is 0.243 e. The summed E-state index contributed by atoms with van der Waals surface area (Å²) < 4.78 is 31.3. The number of amides is 1. The standard InChI is InChI=1S/C15H14F2N2O2/c1-21-14-5-3-2-4-13(14)18-9-15(20)19-12-7-6-10(16)8-11(12)17/h2-8,18H,9H2,1H3,(H,19,20). The number of rotatable bonds is 5. The minimum atomic E-state index is -0.819. The molecule has 2 N–H and O–H groups in total. The molecular weight excluding hydrogens is 278 g/mol. The van der Waals surface area contributed by atoms with Gasteiger partial charge in [0.1, 0.15) is 17.4 Å². The molecule has 6 heteroatoms. The lowest BCUT2D eigenvalue weighted by Gasteiger charge is -2.11. The summed E-state index contributed by atoms with van der Waals surface area (Å²) in [5, 5.41) is 5.24. The molecule has 0 spiro atoms. The number of ether oxygens (including phenoxy) is 1. The first-order chi connectivity index (χ1) is 10.1. The summed E-state index contributed by atoms with van der Waals surface area (Å²) in [6.07, 6.45) is 0. The molecule has 0 heterocycles. The Hall–Kier alpha value is -2.63. The van der Waals surface area contributed by atoms with E-state index in [1.165, 1.54) is 13.2 Å². The Balaban J connectivity index is 1.96. The second kappa shape index (κ2) is 6.69. The van der Waals surface area contributed by atoms with E-state index in [1.54, 1.807) is 24.3 Å². The summed E-state index contributed by atoms with van der Waals surface area (Å²) in [6.45, 7) is -0.0722. The Morgan fingerprint density at radius 1 is 1.14 bits per heavy atom. The Morgan fingerprint density at radius 2 is 1.90 bits per heavy atom. The number of hydrogen-bond donors (Lipinski definition) is 2. The third-order valence-electron chi connectivity index (χ3n) is 2.75. The summed E-state index contributed by atoms with van der Waals surface area (Å²) in [4.78, 5) is 11.7. The molecule has 0 aliphatic rings. The van der Waals surface area contributed by atoms with Crippen LogP contribution in [-0.4, -0.2) is 19.6 Å². The summed E-state index contributed by atoms with van der Waals surface area (Å²) in [7, 11) is 1.52. The molecule has 0 fully saturated rings. The molecule has 4 nitrogen and oxygen atoms in total. The first kappa shape index (κ1) is 14.8. The molecule has 0 aromatic heterocycles. The van der Waals surface area contributed by atoms with Crippen molar-refractivity contribution in [2.45, 2.75) is 0 Å². The van der Waals surface area contributed by atoms with E-state index < -0.39 is 17.5 Å². The van der Waals surface area contributed by atoms with Crippen molar-refractivity contribution in [2.75, 3.05) is 24.3 Å². The number of methoxy groups -OCH3 is 1. The molecule has 0 saturated carbocycles. The number of nitrogens with one attached hydrogen (secondary N) is 2. The Kier molecular flexibility index (Phi) is 4.71. The van der Waals surface area contributed by atoms with Crippen LogP contribution in [0.2, 0.25) is 0 Å². The largest absolute Gasteiger partial charge is 0.495 e. The maximum Gasteiger partial charge on any atom is 0.243 e. The van der Waals surface area contributed by atoms with Crippen molar-refractivity contribution in [1.82, 2.24) is 0 Å². The zero-order valence-electron chi connectivity index (χ0n) is 11.3. The van der Waals surface area contributed by atoms with Gasteiger partial charge in [-0.25, -0.2) is 8.78 Å². The van der Waals surface area contributed by atoms with E-state index >= 15 is 0 Å². The normalized spacial score (nSPS) is 10.0. The van der Waals surface area contributed by atoms with Crippen LogP contribution in [0.15, 0.2) is 42.5 Å². The number of benzene rings is 2. The zero-order chi connectivity index (χ0) is 15.2. The molecular formula is C15H14F2N2O2. The Bertz CT molecular complexity index is 647. The van der Waals surface area contributed by atoms with Crippen LogP contribution in [0.4, 0.5) is 20.2 Å². The van der Waals surface area contributed by atoms with Crippen LogP contribution in [0.3, 0.4) is 0 Å². The second-order valence-corrected chi connectivity index (χ2v) is 4.23. The number of hydrogen-bond acceptors (Lipinski definition) is 3. The monoisotopic (exact) mass is 292 g/mol. The fourth-order valence-electron chi connectivity index (χ4n) is 1.75. The average Bonchev–Trinajstić information content (AvgIpc) is 2.48. The van der Waals surface area contributed by atoms with Crippen molar-refractivity contribution >= 4 is 17.3 Å². The summed E-state index contributed by atoms with van der Waals surface area (Å²) >= 11 is 0. The lowest BCUT2D eigenvalue weighted by Crippen LogP contribution is -2.22. The molecule has 0 unspecified atom stereocenters. The molecule has 0 bridgehead atoms. The molecule has 2 rings (SSSR count). The summed E-state index contributed by atoms with van der Waals surface area (Å²) in [5.74, 6) is -1.37. The predicted octanol–water partition coefficient (Wildman–Crippen LogP) is 3.02. The van der Waals surface area contributed by atoms with Crippen LogP contribution in [0, 0.1) is 11.6 Å². The van der Waals surface area contributed by atoms with Crippen LogP contribution in [-0.2, 0) is 4.79 Å². The zero-order valence-corrected chi connectivity index (χ0v) is 11.3. The van der Waals surface area contributed by atoms with Crippen LogP contribution < -0.4 is 15.4 Å². The number of halogens is 2. The molecule has 110 valence electrons. The highest BCUT2D eigenvalue weighted by Crippen LogP contribution is 2.22. The van der Waals surface area contributed by atoms with Gasteiger partial charge in [0.25, 0.3) is 0 Å². The van der Waals surface area contributed by atoms with Gasteiger partial charge >= 0.3 is 0 Å². The summed E-state index contributed by atoms with van der Waals surface area (Å²) in [5.41, 5.74) is 0.581. The van der Waals surface area contributed by atoms with Crippen LogP contribution in [0.25, 0.3) is 0 Å². The van der Waals surface area contributed by atoms with Crippen molar-refractivity contribution < 1.29 is 18.3 Å². The Labute approximate surface area is 120 Å². The fraction of sp³-hybridized carbons (Fsp3) is 0.133.